The van der Waals surface area contributed by atoms with Gasteiger partial charge in [0.25, 0.3) is 0 Å². The number of hydrogen-bond acceptors (Lipinski definition) is 2. The smallest absolute Gasteiger partial charge is 0.117 e. The summed E-state index contributed by atoms with van der Waals surface area (Å²) in [5.41, 5.74) is -0.504. The van der Waals surface area contributed by atoms with Crippen LogP contribution in [0.2, 0.25) is 5.02 Å². The summed E-state index contributed by atoms with van der Waals surface area (Å²) in [4.78, 5) is 0. The molecule has 0 bridgehead atoms. The van der Waals surface area contributed by atoms with Gasteiger partial charge in [-0.2, -0.15) is 0 Å². The van der Waals surface area contributed by atoms with Crippen molar-refractivity contribution in [2.75, 3.05) is 0 Å². The van der Waals surface area contributed by atoms with E-state index in [0.717, 1.165) is 12.8 Å². The fraction of sp³-hybridized carbons (Fsp3) is 0.500. The van der Waals surface area contributed by atoms with Crippen molar-refractivity contribution in [1.29, 1.82) is 0 Å². The molecule has 0 aromatic heterocycles. The van der Waals surface area contributed by atoms with E-state index in [0.29, 0.717) is 23.4 Å². The topological polar surface area (TPSA) is 40.5 Å². The summed E-state index contributed by atoms with van der Waals surface area (Å²) >= 11 is 6.04. The molecule has 2 rings (SSSR count). The summed E-state index contributed by atoms with van der Waals surface area (Å²) in [5.74, 6) is 0. The molecule has 0 aliphatic heterocycles. The van der Waals surface area contributed by atoms with Crippen LogP contribution in [0.25, 0.3) is 0 Å². The summed E-state index contributed by atoms with van der Waals surface area (Å²) in [6, 6.07) is 7.19. The molecule has 0 spiro atoms. The maximum atomic E-state index is 10.5. The zero-order chi connectivity index (χ0) is 10.9. The number of rotatable bonds is 1. The molecule has 1 aromatic rings. The normalized spacial score (nSPS) is 31.5. The molecular formula is C12H15ClO2. The highest BCUT2D eigenvalue weighted by atomic mass is 35.5. The van der Waals surface area contributed by atoms with Crippen molar-refractivity contribution in [3.8, 4) is 0 Å². The van der Waals surface area contributed by atoms with E-state index >= 15 is 0 Å². The molecule has 2 N–H and O–H groups in total. The van der Waals surface area contributed by atoms with Crippen LogP contribution in [0, 0.1) is 0 Å². The van der Waals surface area contributed by atoms with Crippen molar-refractivity contribution in [1.82, 2.24) is 0 Å². The van der Waals surface area contributed by atoms with E-state index < -0.39 is 11.7 Å². The van der Waals surface area contributed by atoms with Gasteiger partial charge in [-0.3, -0.25) is 0 Å². The first-order valence-electron chi connectivity index (χ1n) is 5.30. The summed E-state index contributed by atoms with van der Waals surface area (Å²) in [6.45, 7) is 0. The van der Waals surface area contributed by atoms with Crippen molar-refractivity contribution in [3.05, 3.63) is 34.9 Å². The average molecular weight is 227 g/mol. The van der Waals surface area contributed by atoms with E-state index in [4.69, 9.17) is 11.6 Å². The van der Waals surface area contributed by atoms with Crippen LogP contribution in [-0.4, -0.2) is 16.3 Å². The molecule has 82 valence electrons. The zero-order valence-corrected chi connectivity index (χ0v) is 9.24. The molecule has 0 saturated heterocycles. The standard InChI is InChI=1S/C12H15ClO2/c13-10-6-2-1-5-9(10)12(15)8-4-3-7-11(12)14/h1-2,5-6,11,14-15H,3-4,7-8H2/t11-,12-/m1/s1. The predicted octanol–water partition coefficient (Wildman–Crippen LogP) is 2.46. The Morgan fingerprint density at radius 3 is 2.67 bits per heavy atom. The Hall–Kier alpha value is -0.570. The molecule has 0 unspecified atom stereocenters. The van der Waals surface area contributed by atoms with Crippen LogP contribution in [-0.2, 0) is 5.60 Å². The van der Waals surface area contributed by atoms with Crippen molar-refractivity contribution in [2.45, 2.75) is 37.4 Å². The Morgan fingerprint density at radius 2 is 2.00 bits per heavy atom. The van der Waals surface area contributed by atoms with E-state index in [-0.39, 0.29) is 0 Å². The fourth-order valence-electron chi connectivity index (χ4n) is 2.26. The van der Waals surface area contributed by atoms with Crippen LogP contribution in [0.3, 0.4) is 0 Å². The van der Waals surface area contributed by atoms with E-state index in [1.54, 1.807) is 12.1 Å². The van der Waals surface area contributed by atoms with Gasteiger partial charge in [0.1, 0.15) is 5.60 Å². The van der Waals surface area contributed by atoms with Crippen molar-refractivity contribution in [3.63, 3.8) is 0 Å². The zero-order valence-electron chi connectivity index (χ0n) is 8.49. The molecule has 3 heteroatoms. The van der Waals surface area contributed by atoms with Gasteiger partial charge in [-0.25, -0.2) is 0 Å². The Kier molecular flexibility index (Phi) is 3.01. The van der Waals surface area contributed by atoms with E-state index in [1.165, 1.54) is 0 Å². The second-order valence-electron chi connectivity index (χ2n) is 4.17. The van der Waals surface area contributed by atoms with Crippen molar-refractivity contribution >= 4 is 11.6 Å². The van der Waals surface area contributed by atoms with Gasteiger partial charge < -0.3 is 10.2 Å². The van der Waals surface area contributed by atoms with Crippen LogP contribution >= 0.6 is 11.6 Å². The lowest BCUT2D eigenvalue weighted by Gasteiger charge is -2.37. The molecule has 1 aliphatic carbocycles. The third kappa shape index (κ3) is 1.89. The van der Waals surface area contributed by atoms with Crippen molar-refractivity contribution < 1.29 is 10.2 Å². The lowest BCUT2D eigenvalue weighted by Crippen LogP contribution is -2.42. The highest BCUT2D eigenvalue weighted by Gasteiger charge is 2.40. The summed E-state index contributed by atoms with van der Waals surface area (Å²) < 4.78 is 0. The predicted molar refractivity (Wildman–Crippen MR) is 59.8 cm³/mol. The molecule has 0 amide bonds. The number of aliphatic hydroxyl groups is 2. The van der Waals surface area contributed by atoms with E-state index in [9.17, 15) is 10.2 Å². The number of halogens is 1. The molecule has 2 atom stereocenters. The second kappa shape index (κ2) is 4.12. The third-order valence-corrected chi connectivity index (χ3v) is 3.51. The van der Waals surface area contributed by atoms with Gasteiger partial charge >= 0.3 is 0 Å². The second-order valence-corrected chi connectivity index (χ2v) is 4.57. The number of hydrogen-bond donors (Lipinski definition) is 2. The summed E-state index contributed by atoms with van der Waals surface area (Å²) in [7, 11) is 0. The maximum Gasteiger partial charge on any atom is 0.117 e. The maximum absolute atomic E-state index is 10.5. The largest absolute Gasteiger partial charge is 0.390 e. The van der Waals surface area contributed by atoms with Gasteiger partial charge in [-0.05, 0) is 18.9 Å². The van der Waals surface area contributed by atoms with Crippen LogP contribution in [0.5, 0.6) is 0 Å². The molecule has 1 saturated carbocycles. The Bertz CT molecular complexity index is 353. The molecule has 1 aromatic carbocycles. The number of aliphatic hydroxyl groups excluding tert-OH is 1. The van der Waals surface area contributed by atoms with Crippen LogP contribution in [0.15, 0.2) is 24.3 Å². The molecule has 1 fully saturated rings. The van der Waals surface area contributed by atoms with Crippen LogP contribution < -0.4 is 0 Å². The molecule has 2 nitrogen and oxygen atoms in total. The first kappa shape index (κ1) is 10.9. The van der Waals surface area contributed by atoms with Crippen molar-refractivity contribution in [2.24, 2.45) is 0 Å². The van der Waals surface area contributed by atoms with E-state index in [1.807, 2.05) is 12.1 Å². The first-order chi connectivity index (χ1) is 7.14. The van der Waals surface area contributed by atoms with Crippen LogP contribution in [0.1, 0.15) is 31.2 Å². The highest BCUT2D eigenvalue weighted by molar-refractivity contribution is 6.31. The monoisotopic (exact) mass is 226 g/mol. The van der Waals surface area contributed by atoms with Crippen LogP contribution in [0.4, 0.5) is 0 Å². The lowest BCUT2D eigenvalue weighted by molar-refractivity contribution is -0.105. The molecule has 0 radical (unpaired) electrons. The van der Waals surface area contributed by atoms with Gasteiger partial charge in [0.15, 0.2) is 0 Å². The van der Waals surface area contributed by atoms with Gasteiger partial charge in [-0.1, -0.05) is 42.6 Å². The van der Waals surface area contributed by atoms with Gasteiger partial charge in [0.05, 0.1) is 6.10 Å². The lowest BCUT2D eigenvalue weighted by atomic mass is 9.77. The number of benzene rings is 1. The quantitative estimate of drug-likeness (QED) is 0.773. The SMILES string of the molecule is O[C@@H]1CCCC[C@@]1(O)c1ccccc1Cl. The minimum absolute atomic E-state index is 0.529. The highest BCUT2D eigenvalue weighted by Crippen LogP contribution is 2.40. The Morgan fingerprint density at radius 1 is 1.27 bits per heavy atom. The minimum atomic E-state index is -1.16. The third-order valence-electron chi connectivity index (χ3n) is 3.18. The molecule has 15 heavy (non-hydrogen) atoms. The van der Waals surface area contributed by atoms with Gasteiger partial charge in [0, 0.05) is 10.6 Å². The minimum Gasteiger partial charge on any atom is -0.390 e. The molecule has 0 heterocycles. The summed E-state index contributed by atoms with van der Waals surface area (Å²) in [6.07, 6.45) is 2.41. The summed E-state index contributed by atoms with van der Waals surface area (Å²) in [5, 5.41) is 20.9. The Balaban J connectivity index is 2.39. The first-order valence-corrected chi connectivity index (χ1v) is 5.68. The fourth-order valence-corrected chi connectivity index (χ4v) is 2.56. The Labute approximate surface area is 94.5 Å². The van der Waals surface area contributed by atoms with Gasteiger partial charge in [-0.15, -0.1) is 0 Å². The molecular weight excluding hydrogens is 212 g/mol. The average Bonchev–Trinajstić information content (AvgIpc) is 2.23. The molecule has 1 aliphatic rings. The van der Waals surface area contributed by atoms with Gasteiger partial charge in [0.2, 0.25) is 0 Å². The van der Waals surface area contributed by atoms with E-state index in [2.05, 4.69) is 0 Å².